The number of methoxy groups -OCH3 is 2. The van der Waals surface area contributed by atoms with E-state index in [4.69, 9.17) is 9.47 Å². The first kappa shape index (κ1) is 19.2. The van der Waals surface area contributed by atoms with Crippen molar-refractivity contribution in [3.8, 4) is 5.75 Å². The van der Waals surface area contributed by atoms with Gasteiger partial charge in [0.1, 0.15) is 11.4 Å². The Hall–Kier alpha value is -3.16. The van der Waals surface area contributed by atoms with E-state index in [0.29, 0.717) is 5.56 Å². The molecule has 1 aliphatic rings. The Kier molecular flexibility index (Phi) is 6.11. The standard InChI is InChI=1S/C18H17F2NO5/c1-11-7-8-13(14(10-11)26-18(19)20)21-9-5-4-6-12(16(22)24-2)15(21)17(23)25-3/h4-10,18H,1-3H3. The van der Waals surface area contributed by atoms with Gasteiger partial charge in [-0.2, -0.15) is 8.78 Å². The molecule has 1 aromatic carbocycles. The van der Waals surface area contributed by atoms with Crippen molar-refractivity contribution in [1.29, 1.82) is 0 Å². The number of esters is 2. The van der Waals surface area contributed by atoms with E-state index in [1.165, 1.54) is 41.5 Å². The number of nitrogens with zero attached hydrogens (tertiary/aromatic N) is 1. The van der Waals surface area contributed by atoms with E-state index in [-0.39, 0.29) is 22.7 Å². The molecule has 0 aromatic heterocycles. The summed E-state index contributed by atoms with van der Waals surface area (Å²) in [4.78, 5) is 25.7. The number of aryl methyl sites for hydroxylation is 1. The minimum atomic E-state index is -3.06. The molecule has 0 N–H and O–H groups in total. The summed E-state index contributed by atoms with van der Waals surface area (Å²) in [6.45, 7) is -1.35. The van der Waals surface area contributed by atoms with E-state index in [9.17, 15) is 18.4 Å². The molecule has 0 atom stereocenters. The molecule has 6 nitrogen and oxygen atoms in total. The highest BCUT2D eigenvalue weighted by molar-refractivity contribution is 6.05. The Balaban J connectivity index is 2.69. The number of allylic oxidation sites excluding steroid dienone is 2. The van der Waals surface area contributed by atoms with Crippen LogP contribution in [0.15, 0.2) is 53.9 Å². The van der Waals surface area contributed by atoms with Crippen molar-refractivity contribution in [3.05, 3.63) is 59.5 Å². The third-order valence-corrected chi connectivity index (χ3v) is 3.48. The lowest BCUT2D eigenvalue weighted by Gasteiger charge is -2.25. The van der Waals surface area contributed by atoms with Gasteiger partial charge in [0.25, 0.3) is 0 Å². The summed E-state index contributed by atoms with van der Waals surface area (Å²) in [5.41, 5.74) is 0.538. The summed E-state index contributed by atoms with van der Waals surface area (Å²) in [6, 6.07) is 4.56. The molecule has 0 spiro atoms. The Morgan fingerprint density at radius 1 is 1.08 bits per heavy atom. The van der Waals surface area contributed by atoms with Crippen LogP contribution in [0.5, 0.6) is 5.75 Å². The second kappa shape index (κ2) is 8.28. The SMILES string of the molecule is COC(=O)C1=C(C(=O)OC)N(c2ccc(C)cc2OC(F)F)C=CC=C1. The molecule has 2 rings (SSSR count). The molecule has 8 heteroatoms. The van der Waals surface area contributed by atoms with Crippen LogP contribution in [0.4, 0.5) is 14.5 Å². The van der Waals surface area contributed by atoms with Crippen LogP contribution in [0.3, 0.4) is 0 Å². The summed E-state index contributed by atoms with van der Waals surface area (Å²) in [6.07, 6.45) is 5.85. The second-order valence-corrected chi connectivity index (χ2v) is 5.17. The van der Waals surface area contributed by atoms with Gasteiger partial charge in [-0.25, -0.2) is 9.59 Å². The summed E-state index contributed by atoms with van der Waals surface area (Å²) in [7, 11) is 2.31. The van der Waals surface area contributed by atoms with Gasteiger partial charge in [-0.15, -0.1) is 0 Å². The third kappa shape index (κ3) is 4.08. The molecule has 0 bridgehead atoms. The number of hydrogen-bond acceptors (Lipinski definition) is 6. The molecule has 0 unspecified atom stereocenters. The van der Waals surface area contributed by atoms with Gasteiger partial charge < -0.3 is 19.1 Å². The van der Waals surface area contributed by atoms with Gasteiger partial charge in [0.2, 0.25) is 0 Å². The molecule has 138 valence electrons. The van der Waals surface area contributed by atoms with Gasteiger partial charge in [0.05, 0.1) is 25.5 Å². The van der Waals surface area contributed by atoms with Crippen LogP contribution >= 0.6 is 0 Å². The van der Waals surface area contributed by atoms with Crippen molar-refractivity contribution in [1.82, 2.24) is 0 Å². The zero-order chi connectivity index (χ0) is 19.3. The number of alkyl halides is 2. The lowest BCUT2D eigenvalue weighted by Crippen LogP contribution is -2.27. The number of anilines is 1. The van der Waals surface area contributed by atoms with Crippen LogP contribution in [0, 0.1) is 6.92 Å². The average molecular weight is 365 g/mol. The molecule has 0 aliphatic carbocycles. The normalized spacial score (nSPS) is 13.7. The van der Waals surface area contributed by atoms with Crippen LogP contribution in [-0.2, 0) is 19.1 Å². The maximum Gasteiger partial charge on any atom is 0.387 e. The summed E-state index contributed by atoms with van der Waals surface area (Å²) in [5, 5.41) is 0. The summed E-state index contributed by atoms with van der Waals surface area (Å²) in [5.74, 6) is -1.78. The molecular formula is C18H17F2NO5. The molecule has 0 radical (unpaired) electrons. The highest BCUT2D eigenvalue weighted by Crippen LogP contribution is 2.35. The number of carbonyl (C=O) groups is 2. The van der Waals surface area contributed by atoms with Crippen molar-refractivity contribution < 1.29 is 32.6 Å². The fraction of sp³-hybridized carbons (Fsp3) is 0.222. The van der Waals surface area contributed by atoms with Crippen LogP contribution < -0.4 is 9.64 Å². The molecule has 1 aromatic rings. The number of rotatable bonds is 5. The zero-order valence-corrected chi connectivity index (χ0v) is 14.4. The molecule has 1 heterocycles. The minimum absolute atomic E-state index is 0.0899. The monoisotopic (exact) mass is 365 g/mol. The van der Waals surface area contributed by atoms with Crippen molar-refractivity contribution >= 4 is 17.6 Å². The lowest BCUT2D eigenvalue weighted by atomic mass is 10.1. The third-order valence-electron chi connectivity index (χ3n) is 3.48. The molecule has 26 heavy (non-hydrogen) atoms. The van der Waals surface area contributed by atoms with Gasteiger partial charge in [-0.3, -0.25) is 0 Å². The predicted octanol–water partition coefficient (Wildman–Crippen LogP) is 3.09. The molecule has 0 amide bonds. The van der Waals surface area contributed by atoms with Gasteiger partial charge in [-0.1, -0.05) is 12.1 Å². The molecular weight excluding hydrogens is 348 g/mol. The highest BCUT2D eigenvalue weighted by atomic mass is 19.3. The van der Waals surface area contributed by atoms with E-state index in [1.54, 1.807) is 13.0 Å². The quantitative estimate of drug-likeness (QED) is 0.747. The van der Waals surface area contributed by atoms with Gasteiger partial charge in [-0.05, 0) is 36.8 Å². The first-order chi connectivity index (χ1) is 12.4. The van der Waals surface area contributed by atoms with Crippen molar-refractivity contribution in [2.75, 3.05) is 19.1 Å². The summed E-state index contributed by atoms with van der Waals surface area (Å²) >= 11 is 0. The van der Waals surface area contributed by atoms with Gasteiger partial charge in [0.15, 0.2) is 0 Å². The fourth-order valence-electron chi connectivity index (χ4n) is 2.36. The lowest BCUT2D eigenvalue weighted by molar-refractivity contribution is -0.139. The Bertz CT molecular complexity index is 799. The second-order valence-electron chi connectivity index (χ2n) is 5.17. The molecule has 0 saturated carbocycles. The maximum atomic E-state index is 12.8. The van der Waals surface area contributed by atoms with E-state index in [2.05, 4.69) is 4.74 Å². The smallest absolute Gasteiger partial charge is 0.387 e. The predicted molar refractivity (Wildman–Crippen MR) is 89.6 cm³/mol. The van der Waals surface area contributed by atoms with Crippen LogP contribution in [-0.4, -0.2) is 32.8 Å². The fourth-order valence-corrected chi connectivity index (χ4v) is 2.36. The number of benzene rings is 1. The topological polar surface area (TPSA) is 65.1 Å². The molecule has 1 aliphatic heterocycles. The van der Waals surface area contributed by atoms with Gasteiger partial charge >= 0.3 is 18.6 Å². The Morgan fingerprint density at radius 2 is 1.77 bits per heavy atom. The Morgan fingerprint density at radius 3 is 2.38 bits per heavy atom. The number of hydrogen-bond donors (Lipinski definition) is 0. The van der Waals surface area contributed by atoms with Crippen molar-refractivity contribution in [2.45, 2.75) is 13.5 Å². The van der Waals surface area contributed by atoms with E-state index in [0.717, 1.165) is 14.2 Å². The largest absolute Gasteiger partial charge is 0.465 e. The number of ether oxygens (including phenoxy) is 3. The van der Waals surface area contributed by atoms with Crippen molar-refractivity contribution in [2.24, 2.45) is 0 Å². The first-order valence-corrected chi connectivity index (χ1v) is 7.49. The summed E-state index contributed by atoms with van der Waals surface area (Å²) < 4.78 is 39.7. The van der Waals surface area contributed by atoms with Crippen molar-refractivity contribution in [3.63, 3.8) is 0 Å². The van der Waals surface area contributed by atoms with Gasteiger partial charge in [0, 0.05) is 6.20 Å². The van der Waals surface area contributed by atoms with E-state index in [1.807, 2.05) is 0 Å². The zero-order valence-electron chi connectivity index (χ0n) is 14.4. The van der Waals surface area contributed by atoms with E-state index >= 15 is 0 Å². The van der Waals surface area contributed by atoms with Crippen LogP contribution in [0.2, 0.25) is 0 Å². The minimum Gasteiger partial charge on any atom is -0.465 e. The molecule has 0 fully saturated rings. The van der Waals surface area contributed by atoms with E-state index < -0.39 is 18.6 Å². The van der Waals surface area contributed by atoms with Crippen LogP contribution in [0.1, 0.15) is 5.56 Å². The number of carbonyl (C=O) groups excluding carboxylic acids is 2. The average Bonchev–Trinajstić information content (AvgIpc) is 2.83. The molecule has 0 saturated heterocycles. The van der Waals surface area contributed by atoms with Crippen LogP contribution in [0.25, 0.3) is 0 Å². The first-order valence-electron chi connectivity index (χ1n) is 7.49. The maximum absolute atomic E-state index is 12.8. The Labute approximate surface area is 148 Å². The highest BCUT2D eigenvalue weighted by Gasteiger charge is 2.29. The number of halogens is 2.